The average molecular weight is 442 g/mol. The molecule has 0 bridgehead atoms. The highest BCUT2D eigenvalue weighted by Crippen LogP contribution is 2.15. The minimum absolute atomic E-state index is 0.108. The number of carbonyl (C=O) groups excluding carboxylic acids is 1. The zero-order valence-electron chi connectivity index (χ0n) is 18.3. The lowest BCUT2D eigenvalue weighted by Gasteiger charge is -2.14. The minimum Gasteiger partial charge on any atom is -0.481 e. The zero-order valence-corrected chi connectivity index (χ0v) is 19.0. The van der Waals surface area contributed by atoms with Crippen molar-refractivity contribution in [1.82, 2.24) is 5.32 Å². The number of hydrogen-bond acceptors (Lipinski definition) is 2. The fourth-order valence-electron chi connectivity index (χ4n) is 3.00. The molecule has 0 radical (unpaired) electrons. The Bertz CT molecular complexity index is 841. The average Bonchev–Trinajstić information content (AvgIpc) is 2.74. The maximum absolute atomic E-state index is 12.6. The highest BCUT2D eigenvalue weighted by atomic mass is 35.5. The van der Waals surface area contributed by atoms with Crippen LogP contribution in [0.3, 0.4) is 0 Å². The van der Waals surface area contributed by atoms with Gasteiger partial charge in [-0.2, -0.15) is 0 Å². The second-order valence-corrected chi connectivity index (χ2v) is 7.80. The molecule has 1 aromatic carbocycles. The Morgan fingerprint density at radius 1 is 1.10 bits per heavy atom. The molecule has 1 aromatic rings. The van der Waals surface area contributed by atoms with E-state index in [2.05, 4.69) is 42.5 Å². The van der Waals surface area contributed by atoms with E-state index in [9.17, 15) is 9.59 Å². The summed E-state index contributed by atoms with van der Waals surface area (Å²) in [7, 11) is 0. The van der Waals surface area contributed by atoms with Gasteiger partial charge in [-0.25, -0.2) is 0 Å². The SMILES string of the molecule is C=C[C@@H](C#CC#C[C@@H](CCCCCCCCC)NC(=O)c1ccccc1Cl)CC(=O)O. The number of halogens is 1. The monoisotopic (exact) mass is 441 g/mol. The Hall–Kier alpha value is -2.69. The normalized spacial score (nSPS) is 11.8. The molecule has 2 N–H and O–H groups in total. The van der Waals surface area contributed by atoms with Gasteiger partial charge in [0.2, 0.25) is 0 Å². The van der Waals surface area contributed by atoms with Crippen LogP contribution in [-0.2, 0) is 4.79 Å². The number of nitrogens with one attached hydrogen (secondary N) is 1. The van der Waals surface area contributed by atoms with Crippen LogP contribution in [0.1, 0.15) is 75.1 Å². The van der Waals surface area contributed by atoms with Gasteiger partial charge in [-0.05, 0) is 30.4 Å². The summed E-state index contributed by atoms with van der Waals surface area (Å²) in [5.41, 5.74) is 0.412. The molecule has 4 nitrogen and oxygen atoms in total. The van der Waals surface area contributed by atoms with Crippen LogP contribution in [-0.4, -0.2) is 23.0 Å². The smallest absolute Gasteiger partial charge is 0.304 e. The summed E-state index contributed by atoms with van der Waals surface area (Å²) >= 11 is 6.13. The number of carboxylic acids is 1. The molecular weight excluding hydrogens is 410 g/mol. The summed E-state index contributed by atoms with van der Waals surface area (Å²) in [6, 6.07) is 6.54. The van der Waals surface area contributed by atoms with Crippen molar-refractivity contribution in [1.29, 1.82) is 0 Å². The van der Waals surface area contributed by atoms with E-state index >= 15 is 0 Å². The molecule has 0 unspecified atom stereocenters. The molecule has 0 saturated heterocycles. The lowest BCUT2D eigenvalue weighted by atomic mass is 10.0. The number of hydrogen-bond donors (Lipinski definition) is 2. The minimum atomic E-state index is -0.934. The summed E-state index contributed by atoms with van der Waals surface area (Å²) < 4.78 is 0. The molecule has 0 aromatic heterocycles. The zero-order chi connectivity index (χ0) is 22.9. The Kier molecular flexibility index (Phi) is 13.6. The predicted octanol–water partition coefficient (Wildman–Crippen LogP) is 5.86. The summed E-state index contributed by atoms with van der Waals surface area (Å²) in [4.78, 5) is 23.4. The molecule has 166 valence electrons. The van der Waals surface area contributed by atoms with Crippen LogP contribution >= 0.6 is 11.6 Å². The molecule has 0 fully saturated rings. The number of rotatable bonds is 13. The predicted molar refractivity (Wildman–Crippen MR) is 127 cm³/mol. The molecule has 0 saturated carbocycles. The van der Waals surface area contributed by atoms with Gasteiger partial charge in [0.1, 0.15) is 0 Å². The Labute approximate surface area is 191 Å². The molecule has 0 aliphatic heterocycles. The van der Waals surface area contributed by atoms with E-state index in [0.717, 1.165) is 19.3 Å². The third kappa shape index (κ3) is 11.9. The number of carboxylic acid groups (broad SMARTS) is 1. The first-order chi connectivity index (χ1) is 15.0. The molecule has 0 aliphatic rings. The van der Waals surface area contributed by atoms with Crippen LogP contribution in [0, 0.1) is 29.6 Å². The largest absolute Gasteiger partial charge is 0.481 e. The van der Waals surface area contributed by atoms with Crippen molar-refractivity contribution in [3.8, 4) is 23.7 Å². The summed E-state index contributed by atoms with van der Waals surface area (Å²) in [6.07, 6.45) is 10.3. The van der Waals surface area contributed by atoms with E-state index in [1.807, 2.05) is 0 Å². The van der Waals surface area contributed by atoms with E-state index in [-0.39, 0.29) is 18.4 Å². The van der Waals surface area contributed by atoms with Crippen LogP contribution in [0.15, 0.2) is 36.9 Å². The maximum Gasteiger partial charge on any atom is 0.304 e. The summed E-state index contributed by atoms with van der Waals surface area (Å²) in [5.74, 6) is 9.60. The molecule has 0 aliphatic carbocycles. The van der Waals surface area contributed by atoms with Crippen LogP contribution in [0.4, 0.5) is 0 Å². The number of benzene rings is 1. The van der Waals surface area contributed by atoms with E-state index in [0.29, 0.717) is 10.6 Å². The van der Waals surface area contributed by atoms with E-state index in [1.165, 1.54) is 38.2 Å². The third-order valence-corrected chi connectivity index (χ3v) is 5.10. The first kappa shape index (κ1) is 26.3. The van der Waals surface area contributed by atoms with Gasteiger partial charge in [-0.1, -0.05) is 93.5 Å². The van der Waals surface area contributed by atoms with E-state index in [4.69, 9.17) is 16.7 Å². The standard InChI is InChI=1S/C26H32ClNO3/c1-3-5-6-7-8-9-10-16-22(17-12-11-15-21(4-2)20-25(29)30)28-26(31)23-18-13-14-19-24(23)27/h4,13-14,18-19,21-22H,2-3,5-10,16,20H2,1H3,(H,28,31)(H,29,30)/t21-,22+/m0/s1. The van der Waals surface area contributed by atoms with Gasteiger partial charge in [0.25, 0.3) is 5.91 Å². The number of allylic oxidation sites excluding steroid dienone is 1. The van der Waals surface area contributed by atoms with E-state index < -0.39 is 11.9 Å². The Morgan fingerprint density at radius 2 is 1.74 bits per heavy atom. The summed E-state index contributed by atoms with van der Waals surface area (Å²) in [6.45, 7) is 5.80. The van der Waals surface area contributed by atoms with Crippen LogP contribution in [0.5, 0.6) is 0 Å². The van der Waals surface area contributed by atoms with Crippen molar-refractivity contribution >= 4 is 23.5 Å². The fraction of sp³-hybridized carbons (Fsp3) is 0.462. The van der Waals surface area contributed by atoms with Gasteiger partial charge in [-0.3, -0.25) is 9.59 Å². The van der Waals surface area contributed by atoms with Gasteiger partial charge in [0.05, 0.1) is 23.0 Å². The Morgan fingerprint density at radius 3 is 2.39 bits per heavy atom. The van der Waals surface area contributed by atoms with Crippen molar-refractivity contribution < 1.29 is 14.7 Å². The molecular formula is C26H32ClNO3. The van der Waals surface area contributed by atoms with Crippen molar-refractivity contribution in [2.75, 3.05) is 0 Å². The first-order valence-electron chi connectivity index (χ1n) is 10.9. The topological polar surface area (TPSA) is 66.4 Å². The van der Waals surface area contributed by atoms with Gasteiger partial charge in [0, 0.05) is 5.92 Å². The molecule has 2 atom stereocenters. The number of unbranched alkanes of at least 4 members (excludes halogenated alkanes) is 6. The molecule has 1 rings (SSSR count). The highest BCUT2D eigenvalue weighted by molar-refractivity contribution is 6.33. The lowest BCUT2D eigenvalue weighted by Crippen LogP contribution is -2.34. The highest BCUT2D eigenvalue weighted by Gasteiger charge is 2.14. The second kappa shape index (κ2) is 16.1. The maximum atomic E-state index is 12.6. The molecule has 31 heavy (non-hydrogen) atoms. The lowest BCUT2D eigenvalue weighted by molar-refractivity contribution is -0.137. The van der Waals surface area contributed by atoms with Gasteiger partial charge >= 0.3 is 5.97 Å². The molecule has 1 amide bonds. The molecule has 0 spiro atoms. The molecule has 5 heteroatoms. The van der Waals surface area contributed by atoms with Crippen molar-refractivity contribution in [2.45, 2.75) is 70.8 Å². The fourth-order valence-corrected chi connectivity index (χ4v) is 3.22. The molecule has 0 heterocycles. The first-order valence-corrected chi connectivity index (χ1v) is 11.3. The third-order valence-electron chi connectivity index (χ3n) is 4.77. The number of carbonyl (C=O) groups is 2. The summed E-state index contributed by atoms with van der Waals surface area (Å²) in [5, 5.41) is 12.2. The Balaban J connectivity index is 2.74. The quantitative estimate of drug-likeness (QED) is 0.229. The van der Waals surface area contributed by atoms with Crippen molar-refractivity contribution in [2.24, 2.45) is 5.92 Å². The van der Waals surface area contributed by atoms with Crippen LogP contribution in [0.25, 0.3) is 0 Å². The van der Waals surface area contributed by atoms with Gasteiger partial charge < -0.3 is 10.4 Å². The van der Waals surface area contributed by atoms with Crippen LogP contribution < -0.4 is 5.32 Å². The van der Waals surface area contributed by atoms with Gasteiger partial charge in [0.15, 0.2) is 0 Å². The number of aliphatic carboxylic acids is 1. The second-order valence-electron chi connectivity index (χ2n) is 7.39. The van der Waals surface area contributed by atoms with Crippen LogP contribution in [0.2, 0.25) is 5.02 Å². The van der Waals surface area contributed by atoms with Crippen molar-refractivity contribution in [3.05, 3.63) is 47.5 Å². The van der Waals surface area contributed by atoms with E-state index in [1.54, 1.807) is 24.3 Å². The van der Waals surface area contributed by atoms with Gasteiger partial charge in [-0.15, -0.1) is 6.58 Å². The number of amides is 1. The van der Waals surface area contributed by atoms with Crippen molar-refractivity contribution in [3.63, 3.8) is 0 Å².